The van der Waals surface area contributed by atoms with Crippen molar-refractivity contribution in [2.45, 2.75) is 33.0 Å². The largest absolute Gasteiger partial charge is 0.467 e. The van der Waals surface area contributed by atoms with Crippen LogP contribution in [-0.2, 0) is 26.1 Å². The van der Waals surface area contributed by atoms with Crippen LogP contribution in [0.3, 0.4) is 0 Å². The summed E-state index contributed by atoms with van der Waals surface area (Å²) in [7, 11) is 2.03. The molecule has 1 N–H and O–H groups in total. The van der Waals surface area contributed by atoms with E-state index in [0.29, 0.717) is 6.54 Å². The zero-order chi connectivity index (χ0) is 19.8. The monoisotopic (exact) mass is 444 g/mol. The highest BCUT2D eigenvalue weighted by atomic mass is 79.9. The summed E-state index contributed by atoms with van der Waals surface area (Å²) in [5.41, 5.74) is 1.20. The quantitative estimate of drug-likeness (QED) is 0.425. The third kappa shape index (κ3) is 5.45. The van der Waals surface area contributed by atoms with Gasteiger partial charge in [-0.15, -0.1) is 10.2 Å². The van der Waals surface area contributed by atoms with E-state index in [2.05, 4.69) is 60.0 Å². The number of aromatic nitrogens is 3. The molecule has 0 saturated heterocycles. The zero-order valence-electron chi connectivity index (χ0n) is 16.2. The van der Waals surface area contributed by atoms with Crippen molar-refractivity contribution >= 4 is 21.9 Å². The SMILES string of the molecule is CCc1nncn1CCNC(=NCc1ccco1)N(C)Cc1ccccc1Br. The van der Waals surface area contributed by atoms with E-state index in [1.165, 1.54) is 5.56 Å². The van der Waals surface area contributed by atoms with Gasteiger partial charge in [0.15, 0.2) is 5.96 Å². The molecule has 28 heavy (non-hydrogen) atoms. The van der Waals surface area contributed by atoms with E-state index in [9.17, 15) is 0 Å². The van der Waals surface area contributed by atoms with E-state index < -0.39 is 0 Å². The number of nitrogens with one attached hydrogen (secondary N) is 1. The van der Waals surface area contributed by atoms with Gasteiger partial charge in [0.05, 0.1) is 6.26 Å². The van der Waals surface area contributed by atoms with Gasteiger partial charge in [0.1, 0.15) is 24.5 Å². The molecule has 0 fully saturated rings. The van der Waals surface area contributed by atoms with Crippen molar-refractivity contribution in [1.29, 1.82) is 0 Å². The first-order valence-electron chi connectivity index (χ1n) is 9.29. The topological polar surface area (TPSA) is 71.5 Å². The number of aliphatic imine (C=N–C) groups is 1. The predicted molar refractivity (Wildman–Crippen MR) is 113 cm³/mol. The maximum Gasteiger partial charge on any atom is 0.194 e. The van der Waals surface area contributed by atoms with Crippen LogP contribution in [0.1, 0.15) is 24.1 Å². The Balaban J connectivity index is 1.67. The van der Waals surface area contributed by atoms with Gasteiger partial charge in [-0.25, -0.2) is 4.99 Å². The first-order chi connectivity index (χ1) is 13.7. The molecule has 2 aromatic heterocycles. The van der Waals surface area contributed by atoms with Crippen LogP contribution in [0.4, 0.5) is 0 Å². The minimum absolute atomic E-state index is 0.489. The van der Waals surface area contributed by atoms with Crippen molar-refractivity contribution in [1.82, 2.24) is 25.0 Å². The highest BCUT2D eigenvalue weighted by molar-refractivity contribution is 9.10. The van der Waals surface area contributed by atoms with Crippen LogP contribution >= 0.6 is 15.9 Å². The molecule has 8 heteroatoms. The van der Waals surface area contributed by atoms with Crippen molar-refractivity contribution < 1.29 is 4.42 Å². The fourth-order valence-corrected chi connectivity index (χ4v) is 3.26. The summed E-state index contributed by atoms with van der Waals surface area (Å²) in [6, 6.07) is 12.0. The average Bonchev–Trinajstić information content (AvgIpc) is 3.37. The van der Waals surface area contributed by atoms with Crippen LogP contribution in [0, 0.1) is 0 Å². The first-order valence-corrected chi connectivity index (χ1v) is 10.1. The molecule has 0 radical (unpaired) electrons. The van der Waals surface area contributed by atoms with Crippen molar-refractivity contribution in [3.05, 3.63) is 70.6 Å². The molecule has 0 aliphatic carbocycles. The minimum Gasteiger partial charge on any atom is -0.467 e. The Bertz CT molecular complexity index is 890. The highest BCUT2D eigenvalue weighted by Crippen LogP contribution is 2.17. The smallest absolute Gasteiger partial charge is 0.194 e. The van der Waals surface area contributed by atoms with E-state index in [4.69, 9.17) is 9.41 Å². The number of furan rings is 1. The standard InChI is InChI=1S/C20H25BrN6O/c1-3-19-25-24-15-27(19)11-10-22-20(23-13-17-8-6-12-28-17)26(2)14-16-7-4-5-9-18(16)21/h4-9,12,15H,3,10-11,13-14H2,1-2H3,(H,22,23). The van der Waals surface area contributed by atoms with Crippen molar-refractivity contribution in [2.24, 2.45) is 4.99 Å². The molecule has 0 aliphatic rings. The number of halogens is 1. The summed E-state index contributed by atoms with van der Waals surface area (Å²) in [6.45, 7) is 4.80. The zero-order valence-corrected chi connectivity index (χ0v) is 17.8. The number of nitrogens with zero attached hydrogens (tertiary/aromatic N) is 5. The Labute approximate surface area is 173 Å². The second-order valence-electron chi connectivity index (χ2n) is 6.39. The third-order valence-electron chi connectivity index (χ3n) is 4.34. The van der Waals surface area contributed by atoms with E-state index in [1.54, 1.807) is 12.6 Å². The Morgan fingerprint density at radius 1 is 1.29 bits per heavy atom. The van der Waals surface area contributed by atoms with Gasteiger partial charge >= 0.3 is 0 Å². The lowest BCUT2D eigenvalue weighted by Crippen LogP contribution is -2.40. The number of guanidine groups is 1. The molecule has 3 rings (SSSR count). The molecule has 0 aliphatic heterocycles. The molecule has 0 atom stereocenters. The molecule has 0 saturated carbocycles. The third-order valence-corrected chi connectivity index (χ3v) is 5.11. The van der Waals surface area contributed by atoms with E-state index in [0.717, 1.165) is 48.1 Å². The van der Waals surface area contributed by atoms with Crippen LogP contribution in [-0.4, -0.2) is 39.2 Å². The highest BCUT2D eigenvalue weighted by Gasteiger charge is 2.10. The van der Waals surface area contributed by atoms with Crippen LogP contribution < -0.4 is 5.32 Å². The molecule has 0 unspecified atom stereocenters. The van der Waals surface area contributed by atoms with Gasteiger partial charge in [0.2, 0.25) is 0 Å². The number of hydrogen-bond acceptors (Lipinski definition) is 4. The van der Waals surface area contributed by atoms with Crippen LogP contribution in [0.25, 0.3) is 0 Å². The fraction of sp³-hybridized carbons (Fsp3) is 0.350. The van der Waals surface area contributed by atoms with Crippen LogP contribution in [0.5, 0.6) is 0 Å². The molecule has 0 amide bonds. The molecule has 0 bridgehead atoms. The normalized spacial score (nSPS) is 11.6. The maximum atomic E-state index is 5.41. The fourth-order valence-electron chi connectivity index (χ4n) is 2.85. The van der Waals surface area contributed by atoms with Crippen molar-refractivity contribution in [3.8, 4) is 0 Å². The number of benzene rings is 1. The van der Waals surface area contributed by atoms with Gasteiger partial charge in [-0.1, -0.05) is 41.1 Å². The Morgan fingerprint density at radius 3 is 2.89 bits per heavy atom. The van der Waals surface area contributed by atoms with Gasteiger partial charge in [0.25, 0.3) is 0 Å². The number of hydrogen-bond donors (Lipinski definition) is 1. The van der Waals surface area contributed by atoms with Crippen molar-refractivity contribution in [2.75, 3.05) is 13.6 Å². The summed E-state index contributed by atoms with van der Waals surface area (Å²) in [6.07, 6.45) is 4.30. The van der Waals surface area contributed by atoms with E-state index in [1.807, 2.05) is 31.3 Å². The average molecular weight is 445 g/mol. The lowest BCUT2D eigenvalue weighted by Gasteiger charge is -2.23. The van der Waals surface area contributed by atoms with E-state index >= 15 is 0 Å². The van der Waals surface area contributed by atoms with Crippen LogP contribution in [0.2, 0.25) is 0 Å². The molecule has 7 nitrogen and oxygen atoms in total. The summed E-state index contributed by atoms with van der Waals surface area (Å²) < 4.78 is 8.56. The summed E-state index contributed by atoms with van der Waals surface area (Å²) in [5, 5.41) is 11.6. The summed E-state index contributed by atoms with van der Waals surface area (Å²) in [5.74, 6) is 2.64. The summed E-state index contributed by atoms with van der Waals surface area (Å²) >= 11 is 3.62. The Morgan fingerprint density at radius 2 is 2.14 bits per heavy atom. The number of rotatable bonds is 8. The van der Waals surface area contributed by atoms with E-state index in [-0.39, 0.29) is 0 Å². The molecular formula is C20H25BrN6O. The second kappa shape index (κ2) is 10.1. The number of aryl methyl sites for hydroxylation is 1. The molecular weight excluding hydrogens is 420 g/mol. The molecule has 1 aromatic carbocycles. The first kappa shape index (κ1) is 20.1. The molecule has 3 aromatic rings. The summed E-state index contributed by atoms with van der Waals surface area (Å²) in [4.78, 5) is 6.84. The van der Waals surface area contributed by atoms with Crippen molar-refractivity contribution in [3.63, 3.8) is 0 Å². The van der Waals surface area contributed by atoms with Gasteiger partial charge < -0.3 is 19.2 Å². The Hall–Kier alpha value is -2.61. The van der Waals surface area contributed by atoms with Gasteiger partial charge in [0, 0.05) is 37.6 Å². The van der Waals surface area contributed by atoms with Crippen LogP contribution in [0.15, 0.2) is 62.9 Å². The lowest BCUT2D eigenvalue weighted by molar-refractivity contribution is 0.464. The van der Waals surface area contributed by atoms with Gasteiger partial charge in [-0.2, -0.15) is 0 Å². The Kier molecular flexibility index (Phi) is 7.25. The lowest BCUT2D eigenvalue weighted by atomic mass is 10.2. The maximum absolute atomic E-state index is 5.41. The predicted octanol–water partition coefficient (Wildman–Crippen LogP) is 3.47. The molecule has 148 valence electrons. The molecule has 0 spiro atoms. The van der Waals surface area contributed by atoms with Gasteiger partial charge in [-0.05, 0) is 23.8 Å². The molecule has 2 heterocycles. The van der Waals surface area contributed by atoms with Gasteiger partial charge in [-0.3, -0.25) is 0 Å². The minimum atomic E-state index is 0.489. The second-order valence-corrected chi connectivity index (χ2v) is 7.24.